The Kier molecular flexibility index (Phi) is 6.55. The van der Waals surface area contributed by atoms with Gasteiger partial charge < -0.3 is 10.2 Å². The lowest BCUT2D eigenvalue weighted by molar-refractivity contribution is 0.0818. The maximum atomic E-state index is 3.77. The highest BCUT2D eigenvalue weighted by Crippen LogP contribution is 2.39. The van der Waals surface area contributed by atoms with Crippen molar-refractivity contribution in [2.75, 3.05) is 33.2 Å². The van der Waals surface area contributed by atoms with E-state index in [0.717, 1.165) is 17.8 Å². The molecule has 0 aromatic heterocycles. The highest BCUT2D eigenvalue weighted by atomic mass is 15.1. The SMILES string of the molecule is CC(C)CNCC1(CN(C)CC2CCC2)CCC(C)CC1. The molecule has 0 unspecified atom stereocenters. The molecule has 0 aromatic rings. The van der Waals surface area contributed by atoms with E-state index in [2.05, 4.69) is 38.0 Å². The summed E-state index contributed by atoms with van der Waals surface area (Å²) in [5, 5.41) is 3.77. The van der Waals surface area contributed by atoms with Gasteiger partial charge in [0.2, 0.25) is 0 Å². The summed E-state index contributed by atoms with van der Waals surface area (Å²) in [6.07, 6.45) is 10.1. The fraction of sp³-hybridized carbons (Fsp3) is 1.00. The van der Waals surface area contributed by atoms with Crippen molar-refractivity contribution in [3.8, 4) is 0 Å². The summed E-state index contributed by atoms with van der Waals surface area (Å²) >= 11 is 0. The second-order valence-corrected chi connectivity index (χ2v) is 8.70. The topological polar surface area (TPSA) is 15.3 Å². The van der Waals surface area contributed by atoms with Crippen molar-refractivity contribution in [1.82, 2.24) is 10.2 Å². The molecule has 124 valence electrons. The van der Waals surface area contributed by atoms with Crippen molar-refractivity contribution >= 4 is 0 Å². The van der Waals surface area contributed by atoms with Gasteiger partial charge in [-0.05, 0) is 62.4 Å². The monoisotopic (exact) mass is 294 g/mol. The Labute approximate surface area is 133 Å². The van der Waals surface area contributed by atoms with Gasteiger partial charge in [0, 0.05) is 19.6 Å². The molecule has 2 aliphatic carbocycles. The number of hydrogen-bond acceptors (Lipinski definition) is 2. The van der Waals surface area contributed by atoms with Crippen molar-refractivity contribution in [2.24, 2.45) is 23.2 Å². The second-order valence-electron chi connectivity index (χ2n) is 8.70. The number of nitrogens with one attached hydrogen (secondary N) is 1. The van der Waals surface area contributed by atoms with E-state index in [1.165, 1.54) is 71.1 Å². The molecule has 2 saturated carbocycles. The number of rotatable bonds is 8. The lowest BCUT2D eigenvalue weighted by Gasteiger charge is -2.43. The summed E-state index contributed by atoms with van der Waals surface area (Å²) in [6.45, 7) is 12.1. The third-order valence-corrected chi connectivity index (χ3v) is 5.79. The molecule has 0 radical (unpaired) electrons. The molecule has 0 atom stereocenters. The van der Waals surface area contributed by atoms with Gasteiger partial charge in [-0.25, -0.2) is 0 Å². The van der Waals surface area contributed by atoms with E-state index in [0.29, 0.717) is 5.41 Å². The summed E-state index contributed by atoms with van der Waals surface area (Å²) in [7, 11) is 2.36. The first-order chi connectivity index (χ1) is 9.99. The van der Waals surface area contributed by atoms with Crippen LogP contribution in [0.25, 0.3) is 0 Å². The summed E-state index contributed by atoms with van der Waals surface area (Å²) < 4.78 is 0. The van der Waals surface area contributed by atoms with E-state index in [9.17, 15) is 0 Å². The molecule has 1 N–H and O–H groups in total. The molecule has 0 amide bonds. The fourth-order valence-corrected chi connectivity index (χ4v) is 4.14. The summed E-state index contributed by atoms with van der Waals surface area (Å²) in [5.74, 6) is 2.70. The van der Waals surface area contributed by atoms with Crippen LogP contribution in [0.15, 0.2) is 0 Å². The third-order valence-electron chi connectivity index (χ3n) is 5.79. The van der Waals surface area contributed by atoms with Crippen molar-refractivity contribution < 1.29 is 0 Å². The number of nitrogens with zero attached hydrogens (tertiary/aromatic N) is 1. The molecule has 0 bridgehead atoms. The van der Waals surface area contributed by atoms with E-state index in [4.69, 9.17) is 0 Å². The van der Waals surface area contributed by atoms with Crippen LogP contribution in [0.2, 0.25) is 0 Å². The Balaban J connectivity index is 1.84. The quantitative estimate of drug-likeness (QED) is 0.723. The van der Waals surface area contributed by atoms with Crippen LogP contribution in [-0.2, 0) is 0 Å². The minimum atomic E-state index is 0.542. The van der Waals surface area contributed by atoms with E-state index >= 15 is 0 Å². The van der Waals surface area contributed by atoms with E-state index in [1.807, 2.05) is 0 Å². The van der Waals surface area contributed by atoms with Gasteiger partial charge in [-0.3, -0.25) is 0 Å². The molecule has 0 aromatic carbocycles. The molecule has 2 fully saturated rings. The van der Waals surface area contributed by atoms with Gasteiger partial charge in [-0.1, -0.05) is 40.0 Å². The van der Waals surface area contributed by atoms with Crippen molar-refractivity contribution in [2.45, 2.75) is 65.7 Å². The molecule has 2 nitrogen and oxygen atoms in total. The van der Waals surface area contributed by atoms with Crippen LogP contribution >= 0.6 is 0 Å². The minimum absolute atomic E-state index is 0.542. The Morgan fingerprint density at radius 1 is 1.14 bits per heavy atom. The Hall–Kier alpha value is -0.0800. The van der Waals surface area contributed by atoms with Crippen LogP contribution in [0.4, 0.5) is 0 Å². The van der Waals surface area contributed by atoms with Gasteiger partial charge in [-0.15, -0.1) is 0 Å². The predicted octanol–water partition coefficient (Wildman–Crippen LogP) is 4.16. The second kappa shape index (κ2) is 7.97. The van der Waals surface area contributed by atoms with E-state index in [1.54, 1.807) is 0 Å². The minimum Gasteiger partial charge on any atom is -0.316 e. The number of hydrogen-bond donors (Lipinski definition) is 1. The lowest BCUT2D eigenvalue weighted by atomic mass is 9.70. The van der Waals surface area contributed by atoms with Crippen LogP contribution in [0.3, 0.4) is 0 Å². The van der Waals surface area contributed by atoms with Gasteiger partial charge in [0.05, 0.1) is 0 Å². The first-order valence-electron chi connectivity index (χ1n) is 9.38. The van der Waals surface area contributed by atoms with Crippen molar-refractivity contribution in [3.05, 3.63) is 0 Å². The molecule has 21 heavy (non-hydrogen) atoms. The summed E-state index contributed by atoms with van der Waals surface area (Å²) in [5.41, 5.74) is 0.542. The average molecular weight is 295 g/mol. The molecule has 0 spiro atoms. The molecule has 2 rings (SSSR count). The fourth-order valence-electron chi connectivity index (χ4n) is 4.14. The van der Waals surface area contributed by atoms with Crippen molar-refractivity contribution in [1.29, 1.82) is 0 Å². The van der Waals surface area contributed by atoms with Crippen LogP contribution in [0, 0.1) is 23.2 Å². The van der Waals surface area contributed by atoms with Crippen LogP contribution in [0.1, 0.15) is 65.7 Å². The molecular formula is C19H38N2. The zero-order chi connectivity index (χ0) is 15.3. The van der Waals surface area contributed by atoms with E-state index < -0.39 is 0 Å². The predicted molar refractivity (Wildman–Crippen MR) is 92.6 cm³/mol. The molecule has 2 heteroatoms. The maximum Gasteiger partial charge on any atom is 0.00472 e. The third kappa shape index (κ3) is 5.56. The van der Waals surface area contributed by atoms with Gasteiger partial charge in [0.15, 0.2) is 0 Å². The molecule has 2 aliphatic rings. The maximum absolute atomic E-state index is 3.77. The van der Waals surface area contributed by atoms with Gasteiger partial charge >= 0.3 is 0 Å². The van der Waals surface area contributed by atoms with Gasteiger partial charge in [0.25, 0.3) is 0 Å². The highest BCUT2D eigenvalue weighted by molar-refractivity contribution is 4.89. The smallest absolute Gasteiger partial charge is 0.00472 e. The van der Waals surface area contributed by atoms with Crippen LogP contribution in [-0.4, -0.2) is 38.1 Å². The average Bonchev–Trinajstić information content (AvgIpc) is 2.37. The van der Waals surface area contributed by atoms with E-state index in [-0.39, 0.29) is 0 Å². The van der Waals surface area contributed by atoms with Crippen LogP contribution in [0.5, 0.6) is 0 Å². The first-order valence-corrected chi connectivity index (χ1v) is 9.38. The van der Waals surface area contributed by atoms with Gasteiger partial charge in [-0.2, -0.15) is 0 Å². The first kappa shape index (κ1) is 17.3. The summed E-state index contributed by atoms with van der Waals surface area (Å²) in [6, 6.07) is 0. The Bertz CT molecular complexity index is 288. The summed E-state index contributed by atoms with van der Waals surface area (Å²) in [4.78, 5) is 2.65. The Morgan fingerprint density at radius 2 is 1.81 bits per heavy atom. The molecule has 0 aliphatic heterocycles. The molecule has 0 heterocycles. The zero-order valence-electron chi connectivity index (χ0n) is 15.0. The largest absolute Gasteiger partial charge is 0.316 e. The highest BCUT2D eigenvalue weighted by Gasteiger charge is 2.35. The lowest BCUT2D eigenvalue weighted by Crippen LogP contribution is -2.47. The normalized spacial score (nSPS) is 30.9. The van der Waals surface area contributed by atoms with Crippen molar-refractivity contribution in [3.63, 3.8) is 0 Å². The van der Waals surface area contributed by atoms with Crippen LogP contribution < -0.4 is 5.32 Å². The Morgan fingerprint density at radius 3 is 2.33 bits per heavy atom. The molecular weight excluding hydrogens is 256 g/mol. The standard InChI is InChI=1S/C19H38N2/c1-16(2)12-20-14-19(10-8-17(3)9-11-19)15-21(4)13-18-6-5-7-18/h16-18,20H,5-15H2,1-4H3. The molecule has 0 saturated heterocycles. The van der Waals surface area contributed by atoms with Gasteiger partial charge in [0.1, 0.15) is 0 Å². The zero-order valence-corrected chi connectivity index (χ0v) is 15.0.